The number of rotatable bonds is 2. The second kappa shape index (κ2) is 5.36. The fourth-order valence-electron chi connectivity index (χ4n) is 2.14. The molecule has 0 spiro atoms. The van der Waals surface area contributed by atoms with E-state index in [0.717, 1.165) is 6.21 Å². The summed E-state index contributed by atoms with van der Waals surface area (Å²) < 4.78 is 0. The van der Waals surface area contributed by atoms with Crippen molar-refractivity contribution in [2.45, 2.75) is 26.7 Å². The van der Waals surface area contributed by atoms with Gasteiger partial charge in [0, 0.05) is 37.0 Å². The highest BCUT2D eigenvalue weighted by Crippen LogP contribution is 2.35. The minimum absolute atomic E-state index is 0.00229. The number of aliphatic imine (C=N–C) groups is 1. The van der Waals surface area contributed by atoms with Crippen LogP contribution in [0.15, 0.2) is 40.9 Å². The van der Waals surface area contributed by atoms with Gasteiger partial charge in [0.15, 0.2) is 5.78 Å². The largest absolute Gasteiger partial charge is 0.511 e. The predicted octanol–water partition coefficient (Wildman–Crippen LogP) is 2.49. The van der Waals surface area contributed by atoms with Gasteiger partial charge in [-0.1, -0.05) is 13.8 Å². The SMILES string of the molecule is CC1(C)CC(=O)C(C=NC(=O)c2ccncc2)=C(O)C1. The summed E-state index contributed by atoms with van der Waals surface area (Å²) in [4.78, 5) is 31.3. The summed E-state index contributed by atoms with van der Waals surface area (Å²) in [6, 6.07) is 3.08. The molecule has 20 heavy (non-hydrogen) atoms. The average Bonchev–Trinajstić information content (AvgIpc) is 2.37. The first-order valence-corrected chi connectivity index (χ1v) is 6.33. The van der Waals surface area contributed by atoms with Crippen LogP contribution in [0.3, 0.4) is 0 Å². The van der Waals surface area contributed by atoms with E-state index in [1.165, 1.54) is 12.4 Å². The molecule has 1 aromatic rings. The Hall–Kier alpha value is -2.30. The smallest absolute Gasteiger partial charge is 0.277 e. The maximum absolute atomic E-state index is 11.9. The van der Waals surface area contributed by atoms with Crippen LogP contribution in [0.25, 0.3) is 0 Å². The van der Waals surface area contributed by atoms with Crippen molar-refractivity contribution in [2.75, 3.05) is 0 Å². The zero-order valence-electron chi connectivity index (χ0n) is 11.5. The van der Waals surface area contributed by atoms with Crippen LogP contribution in [0.5, 0.6) is 0 Å². The molecule has 2 rings (SSSR count). The number of hydrogen-bond donors (Lipinski definition) is 1. The molecule has 0 saturated carbocycles. The highest BCUT2D eigenvalue weighted by Gasteiger charge is 2.32. The van der Waals surface area contributed by atoms with Crippen molar-refractivity contribution in [3.8, 4) is 0 Å². The molecule has 1 amide bonds. The third kappa shape index (κ3) is 3.17. The number of allylic oxidation sites excluding steroid dienone is 2. The molecule has 104 valence electrons. The summed E-state index contributed by atoms with van der Waals surface area (Å²) in [7, 11) is 0. The lowest BCUT2D eigenvalue weighted by atomic mass is 9.77. The van der Waals surface area contributed by atoms with Gasteiger partial charge >= 0.3 is 0 Å². The first kappa shape index (κ1) is 14.1. The van der Waals surface area contributed by atoms with Crippen LogP contribution in [-0.4, -0.2) is 28.0 Å². The number of amides is 1. The van der Waals surface area contributed by atoms with Gasteiger partial charge in [-0.3, -0.25) is 14.6 Å². The number of carbonyl (C=O) groups excluding carboxylic acids is 2. The molecule has 0 aromatic carbocycles. The Kier molecular flexibility index (Phi) is 3.79. The van der Waals surface area contributed by atoms with Gasteiger partial charge in [-0.25, -0.2) is 4.99 Å². The van der Waals surface area contributed by atoms with Crippen molar-refractivity contribution in [2.24, 2.45) is 10.4 Å². The third-order valence-corrected chi connectivity index (χ3v) is 3.13. The van der Waals surface area contributed by atoms with Crippen LogP contribution in [-0.2, 0) is 4.79 Å². The minimum atomic E-state index is -0.467. The number of aliphatic hydroxyl groups is 1. The van der Waals surface area contributed by atoms with Gasteiger partial charge in [0.05, 0.1) is 5.57 Å². The molecule has 5 heteroatoms. The molecule has 1 heterocycles. The van der Waals surface area contributed by atoms with E-state index in [1.54, 1.807) is 12.1 Å². The molecule has 1 aromatic heterocycles. The number of hydrogen-bond acceptors (Lipinski definition) is 4. The van der Waals surface area contributed by atoms with Crippen LogP contribution >= 0.6 is 0 Å². The highest BCUT2D eigenvalue weighted by molar-refractivity contribution is 6.17. The van der Waals surface area contributed by atoms with E-state index in [2.05, 4.69) is 9.98 Å². The summed E-state index contributed by atoms with van der Waals surface area (Å²) in [6.07, 6.45) is 4.89. The maximum Gasteiger partial charge on any atom is 0.277 e. The molecule has 0 bridgehead atoms. The summed E-state index contributed by atoms with van der Waals surface area (Å²) in [5, 5.41) is 9.90. The van der Waals surface area contributed by atoms with Gasteiger partial charge in [0.1, 0.15) is 5.76 Å². The van der Waals surface area contributed by atoms with Crippen molar-refractivity contribution >= 4 is 17.9 Å². The van der Waals surface area contributed by atoms with Crippen molar-refractivity contribution in [1.82, 2.24) is 4.98 Å². The molecule has 0 radical (unpaired) electrons. The molecule has 0 unspecified atom stereocenters. The Morgan fingerprint density at radius 3 is 2.60 bits per heavy atom. The van der Waals surface area contributed by atoms with Gasteiger partial charge in [-0.15, -0.1) is 0 Å². The fourth-order valence-corrected chi connectivity index (χ4v) is 2.14. The molecule has 0 saturated heterocycles. The molecule has 0 fully saturated rings. The van der Waals surface area contributed by atoms with Crippen molar-refractivity contribution < 1.29 is 14.7 Å². The topological polar surface area (TPSA) is 79.6 Å². The van der Waals surface area contributed by atoms with E-state index in [9.17, 15) is 14.7 Å². The molecule has 5 nitrogen and oxygen atoms in total. The van der Waals surface area contributed by atoms with E-state index in [4.69, 9.17) is 0 Å². The number of carbonyl (C=O) groups is 2. The first-order valence-electron chi connectivity index (χ1n) is 6.33. The minimum Gasteiger partial charge on any atom is -0.511 e. The lowest BCUT2D eigenvalue weighted by Gasteiger charge is -2.28. The second-order valence-electron chi connectivity index (χ2n) is 5.60. The van der Waals surface area contributed by atoms with E-state index < -0.39 is 5.91 Å². The lowest BCUT2D eigenvalue weighted by molar-refractivity contribution is -0.117. The van der Waals surface area contributed by atoms with E-state index in [1.807, 2.05) is 13.8 Å². The molecule has 1 aliphatic rings. The van der Waals surface area contributed by atoms with Crippen molar-refractivity contribution in [1.29, 1.82) is 0 Å². The molecule has 1 N–H and O–H groups in total. The Bertz CT molecular complexity index is 601. The normalized spacial score (nSPS) is 18.6. The Morgan fingerprint density at radius 2 is 2.00 bits per heavy atom. The highest BCUT2D eigenvalue weighted by atomic mass is 16.3. The monoisotopic (exact) mass is 272 g/mol. The number of pyridine rings is 1. The standard InChI is InChI=1S/C15H16N2O3/c1-15(2)7-12(18)11(13(19)8-15)9-17-14(20)10-3-5-16-6-4-10/h3-6,9,18H,7-8H2,1-2H3. The molecule has 1 aliphatic carbocycles. The Morgan fingerprint density at radius 1 is 1.35 bits per heavy atom. The lowest BCUT2D eigenvalue weighted by Crippen LogP contribution is -2.26. The van der Waals surface area contributed by atoms with Crippen molar-refractivity contribution in [3.63, 3.8) is 0 Å². The summed E-state index contributed by atoms with van der Waals surface area (Å²) in [6.45, 7) is 3.83. The van der Waals surface area contributed by atoms with Crippen molar-refractivity contribution in [3.05, 3.63) is 41.4 Å². The van der Waals surface area contributed by atoms with Gasteiger partial charge in [0.2, 0.25) is 0 Å². The molecule has 0 atom stereocenters. The number of aromatic nitrogens is 1. The zero-order chi connectivity index (χ0) is 14.8. The van der Waals surface area contributed by atoms with Crippen LogP contribution < -0.4 is 0 Å². The number of nitrogens with zero attached hydrogens (tertiary/aromatic N) is 2. The van der Waals surface area contributed by atoms with E-state index in [0.29, 0.717) is 18.4 Å². The van der Waals surface area contributed by atoms with E-state index in [-0.39, 0.29) is 22.5 Å². The second-order valence-corrected chi connectivity index (χ2v) is 5.60. The van der Waals surface area contributed by atoms with Gasteiger partial charge in [-0.2, -0.15) is 0 Å². The molecule has 0 aliphatic heterocycles. The summed E-state index contributed by atoms with van der Waals surface area (Å²) in [5.41, 5.74) is 0.264. The van der Waals surface area contributed by atoms with Crippen LogP contribution in [0, 0.1) is 5.41 Å². The Balaban J connectivity index is 2.19. The maximum atomic E-state index is 11.9. The zero-order valence-corrected chi connectivity index (χ0v) is 11.5. The third-order valence-electron chi connectivity index (χ3n) is 3.13. The predicted molar refractivity (Wildman–Crippen MR) is 74.7 cm³/mol. The van der Waals surface area contributed by atoms with Gasteiger partial charge in [-0.05, 0) is 17.5 Å². The van der Waals surface area contributed by atoms with Crippen LogP contribution in [0.1, 0.15) is 37.0 Å². The van der Waals surface area contributed by atoms with Crippen LogP contribution in [0.2, 0.25) is 0 Å². The quantitative estimate of drug-likeness (QED) is 0.839. The summed E-state index contributed by atoms with van der Waals surface area (Å²) >= 11 is 0. The van der Waals surface area contributed by atoms with E-state index >= 15 is 0 Å². The number of Topliss-reactive ketones (excluding diaryl/α,β-unsaturated/α-hetero) is 1. The fraction of sp³-hybridized carbons (Fsp3) is 0.333. The Labute approximate surface area is 117 Å². The number of ketones is 1. The molecular weight excluding hydrogens is 256 g/mol. The van der Waals surface area contributed by atoms with Gasteiger partial charge < -0.3 is 5.11 Å². The number of aliphatic hydroxyl groups excluding tert-OH is 1. The summed E-state index contributed by atoms with van der Waals surface area (Å²) in [5.74, 6) is -0.659. The average molecular weight is 272 g/mol. The molecular formula is C15H16N2O3. The van der Waals surface area contributed by atoms with Crippen LogP contribution in [0.4, 0.5) is 0 Å². The first-order chi connectivity index (χ1) is 9.39. The van der Waals surface area contributed by atoms with Gasteiger partial charge in [0.25, 0.3) is 5.91 Å².